The number of hydrazine groups is 1. The van der Waals surface area contributed by atoms with Crippen molar-refractivity contribution in [2.75, 3.05) is 0 Å². The first kappa shape index (κ1) is 26.1. The summed E-state index contributed by atoms with van der Waals surface area (Å²) in [6, 6.07) is 5.46. The molecule has 1 aromatic rings. The van der Waals surface area contributed by atoms with Gasteiger partial charge in [0.2, 0.25) is 5.91 Å². The van der Waals surface area contributed by atoms with Crippen molar-refractivity contribution in [3.05, 3.63) is 35.9 Å². The Kier molecular flexibility index (Phi) is 10.6. The fourth-order valence-corrected chi connectivity index (χ4v) is 2.96. The predicted octanol–water partition coefficient (Wildman–Crippen LogP) is 0.712. The molecule has 0 saturated heterocycles. The van der Waals surface area contributed by atoms with Crippen LogP contribution in [0.25, 0.3) is 0 Å². The number of carbonyl (C=O) groups is 4. The largest absolute Gasteiger partial charge is 0.343 e. The van der Waals surface area contributed by atoms with Gasteiger partial charge in [0, 0.05) is 5.56 Å². The van der Waals surface area contributed by atoms with Crippen molar-refractivity contribution in [2.24, 2.45) is 11.8 Å². The highest BCUT2D eigenvalue weighted by molar-refractivity contribution is 5.98. The van der Waals surface area contributed by atoms with E-state index in [0.29, 0.717) is 12.0 Å². The van der Waals surface area contributed by atoms with Crippen molar-refractivity contribution in [2.45, 2.75) is 65.1 Å². The van der Waals surface area contributed by atoms with Crippen molar-refractivity contribution < 1.29 is 24.4 Å². The number of rotatable bonds is 11. The third-order valence-corrected chi connectivity index (χ3v) is 4.84. The summed E-state index contributed by atoms with van der Waals surface area (Å²) in [7, 11) is 0. The lowest BCUT2D eigenvalue weighted by molar-refractivity contribution is -0.147. The number of amides is 4. The summed E-state index contributed by atoms with van der Waals surface area (Å²) in [6.45, 7) is 6.88. The average Bonchev–Trinajstić information content (AvgIpc) is 2.76. The van der Waals surface area contributed by atoms with Gasteiger partial charge in [0.1, 0.15) is 18.1 Å². The Morgan fingerprint density at radius 3 is 2.16 bits per heavy atom. The molecular weight excluding hydrogens is 402 g/mol. The van der Waals surface area contributed by atoms with Gasteiger partial charge < -0.3 is 10.6 Å². The first-order chi connectivity index (χ1) is 14.6. The van der Waals surface area contributed by atoms with Gasteiger partial charge in [-0.15, -0.1) is 0 Å². The number of hydrogen-bond acceptors (Lipinski definition) is 6. The molecule has 0 bridgehead atoms. The SMILES string of the molecule is CCCC[C@@H](C(=O)NO)N(N)C(=O)[C@H](C)NC(=O)[C@@H](NC(=O)c1ccccc1)C(C)C. The van der Waals surface area contributed by atoms with E-state index in [1.807, 2.05) is 6.92 Å². The molecule has 0 spiro atoms. The van der Waals surface area contributed by atoms with Crippen LogP contribution >= 0.6 is 0 Å². The van der Waals surface area contributed by atoms with E-state index < -0.39 is 41.8 Å². The van der Waals surface area contributed by atoms with Crippen molar-refractivity contribution in [1.82, 2.24) is 21.1 Å². The van der Waals surface area contributed by atoms with Gasteiger partial charge in [-0.25, -0.2) is 11.3 Å². The van der Waals surface area contributed by atoms with E-state index in [2.05, 4.69) is 10.6 Å². The van der Waals surface area contributed by atoms with Gasteiger partial charge in [-0.2, -0.15) is 0 Å². The number of hydrogen-bond donors (Lipinski definition) is 5. The molecule has 172 valence electrons. The molecule has 31 heavy (non-hydrogen) atoms. The quantitative estimate of drug-likeness (QED) is 0.149. The van der Waals surface area contributed by atoms with Gasteiger partial charge in [0.25, 0.3) is 17.7 Å². The summed E-state index contributed by atoms with van der Waals surface area (Å²) in [4.78, 5) is 49.8. The number of benzene rings is 1. The van der Waals surface area contributed by atoms with Crippen LogP contribution < -0.4 is 22.0 Å². The van der Waals surface area contributed by atoms with Crippen LogP contribution in [-0.4, -0.2) is 52.0 Å². The molecule has 0 aliphatic heterocycles. The topological polar surface area (TPSA) is 154 Å². The van der Waals surface area contributed by atoms with Crippen LogP contribution in [0.1, 0.15) is 57.3 Å². The lowest BCUT2D eigenvalue weighted by atomic mass is 10.0. The Morgan fingerprint density at radius 2 is 1.65 bits per heavy atom. The van der Waals surface area contributed by atoms with Gasteiger partial charge in [-0.05, 0) is 31.4 Å². The third-order valence-electron chi connectivity index (χ3n) is 4.84. The second kappa shape index (κ2) is 12.7. The second-order valence-corrected chi connectivity index (χ2v) is 7.67. The molecule has 4 amide bonds. The number of nitrogens with zero attached hydrogens (tertiary/aromatic N) is 1. The Labute approximate surface area is 182 Å². The zero-order valence-corrected chi connectivity index (χ0v) is 18.4. The predicted molar refractivity (Wildman–Crippen MR) is 114 cm³/mol. The van der Waals surface area contributed by atoms with E-state index in [4.69, 9.17) is 11.0 Å². The monoisotopic (exact) mass is 435 g/mol. The van der Waals surface area contributed by atoms with Gasteiger partial charge in [0.15, 0.2) is 0 Å². The van der Waals surface area contributed by atoms with Crippen molar-refractivity contribution in [3.8, 4) is 0 Å². The minimum atomic E-state index is -1.07. The molecule has 0 aliphatic carbocycles. The molecule has 1 aromatic carbocycles. The molecule has 0 saturated carbocycles. The zero-order chi connectivity index (χ0) is 23.6. The molecule has 0 fully saturated rings. The van der Waals surface area contributed by atoms with E-state index >= 15 is 0 Å². The van der Waals surface area contributed by atoms with Crippen LogP contribution in [-0.2, 0) is 14.4 Å². The lowest BCUT2D eigenvalue weighted by Crippen LogP contribution is -2.60. The maximum absolute atomic E-state index is 12.8. The van der Waals surface area contributed by atoms with Crippen LogP contribution in [0.4, 0.5) is 0 Å². The van der Waals surface area contributed by atoms with Crippen molar-refractivity contribution in [3.63, 3.8) is 0 Å². The number of nitrogens with two attached hydrogens (primary N) is 1. The number of nitrogens with one attached hydrogen (secondary N) is 3. The normalized spacial score (nSPS) is 13.6. The minimum Gasteiger partial charge on any atom is -0.343 e. The third kappa shape index (κ3) is 7.65. The van der Waals surface area contributed by atoms with Gasteiger partial charge >= 0.3 is 0 Å². The fraction of sp³-hybridized carbons (Fsp3) is 0.524. The van der Waals surface area contributed by atoms with Crippen LogP contribution in [0.2, 0.25) is 0 Å². The maximum Gasteiger partial charge on any atom is 0.267 e. The molecule has 10 nitrogen and oxygen atoms in total. The average molecular weight is 436 g/mol. The van der Waals surface area contributed by atoms with Gasteiger partial charge in [-0.1, -0.05) is 51.8 Å². The molecule has 3 atom stereocenters. The molecule has 0 aromatic heterocycles. The molecule has 0 heterocycles. The van der Waals surface area contributed by atoms with E-state index in [1.165, 1.54) is 12.4 Å². The molecule has 0 unspecified atom stereocenters. The van der Waals surface area contributed by atoms with Crippen molar-refractivity contribution in [1.29, 1.82) is 0 Å². The molecule has 0 aliphatic rings. The Hall–Kier alpha value is -2.98. The highest BCUT2D eigenvalue weighted by Gasteiger charge is 2.32. The first-order valence-electron chi connectivity index (χ1n) is 10.3. The zero-order valence-electron chi connectivity index (χ0n) is 18.4. The highest BCUT2D eigenvalue weighted by atomic mass is 16.5. The summed E-state index contributed by atoms with van der Waals surface area (Å²) in [5.41, 5.74) is 1.92. The molecule has 6 N–H and O–H groups in total. The van der Waals surface area contributed by atoms with Crippen LogP contribution in [0.3, 0.4) is 0 Å². The standard InChI is InChI=1S/C21H33N5O5/c1-5-6-12-16(19(28)25-31)26(22)21(30)14(4)23-20(29)17(13(2)3)24-18(27)15-10-8-7-9-11-15/h7-11,13-14,16-17,31H,5-6,12,22H2,1-4H3,(H,23,29)(H,24,27)(H,25,28)/t14-,16-,17-/m0/s1. The summed E-state index contributed by atoms with van der Waals surface area (Å²) in [5.74, 6) is 3.12. The molecule has 0 radical (unpaired) electrons. The summed E-state index contributed by atoms with van der Waals surface area (Å²) in [6.07, 6.45) is 1.63. The number of carbonyl (C=O) groups excluding carboxylic acids is 4. The Balaban J connectivity index is 2.84. The summed E-state index contributed by atoms with van der Waals surface area (Å²) < 4.78 is 0. The van der Waals surface area contributed by atoms with Crippen LogP contribution in [0.5, 0.6) is 0 Å². The number of unbranched alkanes of at least 4 members (excludes halogenated alkanes) is 1. The van der Waals surface area contributed by atoms with Crippen LogP contribution in [0, 0.1) is 5.92 Å². The van der Waals surface area contributed by atoms with E-state index in [1.54, 1.807) is 44.2 Å². The van der Waals surface area contributed by atoms with Crippen LogP contribution in [0.15, 0.2) is 30.3 Å². The highest BCUT2D eigenvalue weighted by Crippen LogP contribution is 2.09. The Morgan fingerprint density at radius 1 is 1.03 bits per heavy atom. The molecule has 10 heteroatoms. The van der Waals surface area contributed by atoms with Crippen molar-refractivity contribution >= 4 is 23.6 Å². The second-order valence-electron chi connectivity index (χ2n) is 7.67. The maximum atomic E-state index is 12.8. The fourth-order valence-electron chi connectivity index (χ4n) is 2.96. The molecular formula is C21H33N5O5. The smallest absolute Gasteiger partial charge is 0.267 e. The minimum absolute atomic E-state index is 0.249. The van der Waals surface area contributed by atoms with E-state index in [9.17, 15) is 19.2 Å². The number of hydroxylamine groups is 1. The Bertz CT molecular complexity index is 756. The van der Waals surface area contributed by atoms with E-state index in [-0.39, 0.29) is 12.3 Å². The lowest BCUT2D eigenvalue weighted by Gasteiger charge is -2.29. The first-order valence-corrected chi connectivity index (χ1v) is 10.3. The summed E-state index contributed by atoms with van der Waals surface area (Å²) in [5, 5.41) is 14.9. The molecule has 1 rings (SSSR count). The summed E-state index contributed by atoms with van der Waals surface area (Å²) >= 11 is 0. The van der Waals surface area contributed by atoms with Gasteiger partial charge in [0.05, 0.1) is 0 Å². The van der Waals surface area contributed by atoms with E-state index in [0.717, 1.165) is 11.4 Å². The van der Waals surface area contributed by atoms with Gasteiger partial charge in [-0.3, -0.25) is 29.4 Å².